The van der Waals surface area contributed by atoms with Gasteiger partial charge in [0.05, 0.1) is 6.04 Å². The van der Waals surface area contributed by atoms with Crippen molar-refractivity contribution in [3.05, 3.63) is 70.0 Å². The van der Waals surface area contributed by atoms with E-state index < -0.39 is 0 Å². The number of halogens is 1. The summed E-state index contributed by atoms with van der Waals surface area (Å²) in [5, 5.41) is 0. The number of benzene rings is 2. The Morgan fingerprint density at radius 3 is 2.15 bits per heavy atom. The highest BCUT2D eigenvalue weighted by atomic mass is 19.1. The Labute approximate surface area is 120 Å². The van der Waals surface area contributed by atoms with Gasteiger partial charge in [0.1, 0.15) is 5.82 Å². The lowest BCUT2D eigenvalue weighted by atomic mass is 9.93. The molecule has 0 aliphatic carbocycles. The molecular formula is C18H22FN. The van der Waals surface area contributed by atoms with Crippen molar-refractivity contribution in [3.63, 3.8) is 0 Å². The number of aryl methyl sites for hydroxylation is 3. The minimum Gasteiger partial charge on any atom is -0.320 e. The molecule has 2 aromatic rings. The van der Waals surface area contributed by atoms with E-state index in [0.717, 1.165) is 24.0 Å². The lowest BCUT2D eigenvalue weighted by Gasteiger charge is -2.16. The molecular weight excluding hydrogens is 249 g/mol. The quantitative estimate of drug-likeness (QED) is 0.881. The topological polar surface area (TPSA) is 26.0 Å². The second kappa shape index (κ2) is 6.19. The summed E-state index contributed by atoms with van der Waals surface area (Å²) in [7, 11) is 0. The van der Waals surface area contributed by atoms with E-state index in [4.69, 9.17) is 5.73 Å². The number of nitrogens with two attached hydrogens (primary N) is 1. The van der Waals surface area contributed by atoms with Crippen LogP contribution >= 0.6 is 0 Å². The smallest absolute Gasteiger partial charge is 0.126 e. The number of hydrogen-bond donors (Lipinski definition) is 1. The van der Waals surface area contributed by atoms with Gasteiger partial charge in [-0.2, -0.15) is 0 Å². The van der Waals surface area contributed by atoms with Crippen molar-refractivity contribution in [1.82, 2.24) is 0 Å². The van der Waals surface area contributed by atoms with Crippen LogP contribution in [0.25, 0.3) is 0 Å². The van der Waals surface area contributed by atoms with Gasteiger partial charge in [-0.3, -0.25) is 0 Å². The molecule has 1 unspecified atom stereocenters. The van der Waals surface area contributed by atoms with Crippen molar-refractivity contribution in [2.75, 3.05) is 0 Å². The van der Waals surface area contributed by atoms with Crippen LogP contribution in [0.2, 0.25) is 0 Å². The Morgan fingerprint density at radius 2 is 1.55 bits per heavy atom. The molecule has 0 bridgehead atoms. The Bertz CT molecular complexity index is 604. The van der Waals surface area contributed by atoms with Crippen molar-refractivity contribution >= 4 is 0 Å². The maximum absolute atomic E-state index is 13.3. The van der Waals surface area contributed by atoms with Gasteiger partial charge < -0.3 is 5.73 Å². The van der Waals surface area contributed by atoms with E-state index in [1.165, 1.54) is 17.2 Å². The van der Waals surface area contributed by atoms with Gasteiger partial charge in [0, 0.05) is 0 Å². The summed E-state index contributed by atoms with van der Waals surface area (Å²) in [5.74, 6) is -0.184. The van der Waals surface area contributed by atoms with Gasteiger partial charge in [0.25, 0.3) is 0 Å². The molecule has 0 spiro atoms. The predicted molar refractivity (Wildman–Crippen MR) is 82.4 cm³/mol. The largest absolute Gasteiger partial charge is 0.320 e. The average Bonchev–Trinajstić information content (AvgIpc) is 2.48. The first-order valence-electron chi connectivity index (χ1n) is 7.20. The number of rotatable bonds is 4. The van der Waals surface area contributed by atoms with Crippen molar-refractivity contribution in [2.24, 2.45) is 5.73 Å². The third-order valence-corrected chi connectivity index (χ3v) is 3.89. The molecule has 0 heterocycles. The fourth-order valence-corrected chi connectivity index (χ4v) is 2.57. The summed E-state index contributed by atoms with van der Waals surface area (Å²) >= 11 is 0. The average molecular weight is 271 g/mol. The second-order valence-electron chi connectivity index (χ2n) is 5.22. The fourth-order valence-electron chi connectivity index (χ4n) is 2.57. The van der Waals surface area contributed by atoms with Crippen LogP contribution in [0.1, 0.15) is 47.7 Å². The van der Waals surface area contributed by atoms with Crippen molar-refractivity contribution in [3.8, 4) is 0 Å². The molecule has 2 N–H and O–H groups in total. The second-order valence-corrected chi connectivity index (χ2v) is 5.22. The molecule has 0 fully saturated rings. The Kier molecular flexibility index (Phi) is 4.56. The number of hydrogen-bond acceptors (Lipinski definition) is 1. The van der Waals surface area contributed by atoms with Crippen LogP contribution in [0.5, 0.6) is 0 Å². The fraction of sp³-hybridized carbons (Fsp3) is 0.333. The molecule has 0 saturated carbocycles. The lowest BCUT2D eigenvalue weighted by Crippen LogP contribution is -2.13. The first-order chi connectivity index (χ1) is 9.56. The van der Waals surface area contributed by atoms with E-state index in [9.17, 15) is 4.39 Å². The van der Waals surface area contributed by atoms with Crippen molar-refractivity contribution < 1.29 is 4.39 Å². The van der Waals surface area contributed by atoms with Gasteiger partial charge in [-0.1, -0.05) is 44.2 Å². The van der Waals surface area contributed by atoms with E-state index in [1.807, 2.05) is 6.07 Å². The van der Waals surface area contributed by atoms with E-state index in [1.54, 1.807) is 13.0 Å². The standard InChI is InChI=1S/C18H22FN/c1-4-13-6-7-16(11-14(13)5-2)18(20)15-8-9-17(19)12(3)10-15/h6-11,18H,4-5,20H2,1-3H3. The Balaban J connectivity index is 2.37. The van der Waals surface area contributed by atoms with Crippen LogP contribution in [0, 0.1) is 12.7 Å². The maximum Gasteiger partial charge on any atom is 0.126 e. The van der Waals surface area contributed by atoms with Gasteiger partial charge in [-0.05, 0) is 53.6 Å². The minimum absolute atomic E-state index is 0.184. The van der Waals surface area contributed by atoms with Gasteiger partial charge >= 0.3 is 0 Å². The highest BCUT2D eigenvalue weighted by Gasteiger charge is 2.12. The van der Waals surface area contributed by atoms with Crippen molar-refractivity contribution in [1.29, 1.82) is 0 Å². The zero-order valence-corrected chi connectivity index (χ0v) is 12.4. The zero-order chi connectivity index (χ0) is 14.7. The van der Waals surface area contributed by atoms with E-state index >= 15 is 0 Å². The van der Waals surface area contributed by atoms with Gasteiger partial charge in [-0.15, -0.1) is 0 Å². The Morgan fingerprint density at radius 1 is 0.950 bits per heavy atom. The van der Waals surface area contributed by atoms with E-state index in [0.29, 0.717) is 5.56 Å². The van der Waals surface area contributed by atoms with Crippen LogP contribution < -0.4 is 5.73 Å². The molecule has 0 amide bonds. The normalized spacial score (nSPS) is 12.4. The summed E-state index contributed by atoms with van der Waals surface area (Å²) in [6.07, 6.45) is 2.04. The summed E-state index contributed by atoms with van der Waals surface area (Å²) in [5.41, 5.74) is 11.7. The molecule has 106 valence electrons. The molecule has 0 saturated heterocycles. The molecule has 0 aliphatic rings. The molecule has 1 nitrogen and oxygen atoms in total. The van der Waals surface area contributed by atoms with E-state index in [2.05, 4.69) is 32.0 Å². The Hall–Kier alpha value is -1.67. The lowest BCUT2D eigenvalue weighted by molar-refractivity contribution is 0.617. The predicted octanol–water partition coefficient (Wildman–Crippen LogP) is 4.31. The summed E-state index contributed by atoms with van der Waals surface area (Å²) in [6, 6.07) is 11.3. The van der Waals surface area contributed by atoms with Gasteiger partial charge in [0.2, 0.25) is 0 Å². The third kappa shape index (κ3) is 2.91. The molecule has 20 heavy (non-hydrogen) atoms. The first-order valence-corrected chi connectivity index (χ1v) is 7.20. The maximum atomic E-state index is 13.3. The van der Waals surface area contributed by atoms with E-state index in [-0.39, 0.29) is 11.9 Å². The SMILES string of the molecule is CCc1ccc(C(N)c2ccc(F)c(C)c2)cc1CC. The highest BCUT2D eigenvalue weighted by Crippen LogP contribution is 2.24. The molecule has 2 rings (SSSR count). The van der Waals surface area contributed by atoms with Crippen molar-refractivity contribution in [2.45, 2.75) is 39.7 Å². The third-order valence-electron chi connectivity index (χ3n) is 3.89. The molecule has 2 heteroatoms. The monoisotopic (exact) mass is 271 g/mol. The van der Waals surface area contributed by atoms with Gasteiger partial charge in [0.15, 0.2) is 0 Å². The van der Waals surface area contributed by atoms with Crippen LogP contribution in [0.4, 0.5) is 4.39 Å². The molecule has 1 atom stereocenters. The van der Waals surface area contributed by atoms with Crippen LogP contribution in [0.3, 0.4) is 0 Å². The molecule has 2 aromatic carbocycles. The molecule has 0 radical (unpaired) electrons. The highest BCUT2D eigenvalue weighted by molar-refractivity contribution is 5.39. The summed E-state index contributed by atoms with van der Waals surface area (Å²) in [4.78, 5) is 0. The molecule has 0 aromatic heterocycles. The first kappa shape index (κ1) is 14.7. The summed E-state index contributed by atoms with van der Waals surface area (Å²) < 4.78 is 13.3. The minimum atomic E-state index is -0.203. The van der Waals surface area contributed by atoms with Gasteiger partial charge in [-0.25, -0.2) is 4.39 Å². The van der Waals surface area contributed by atoms with Crippen LogP contribution in [-0.2, 0) is 12.8 Å². The van der Waals surface area contributed by atoms with Crippen LogP contribution in [-0.4, -0.2) is 0 Å². The zero-order valence-electron chi connectivity index (χ0n) is 12.4. The molecule has 0 aliphatic heterocycles. The summed E-state index contributed by atoms with van der Waals surface area (Å²) in [6.45, 7) is 6.09. The van der Waals surface area contributed by atoms with Crippen LogP contribution in [0.15, 0.2) is 36.4 Å².